The summed E-state index contributed by atoms with van der Waals surface area (Å²) in [5.41, 5.74) is 0.489. The fourth-order valence-corrected chi connectivity index (χ4v) is 2.99. The molecule has 0 aliphatic carbocycles. The van der Waals surface area contributed by atoms with Crippen molar-refractivity contribution in [2.45, 2.75) is 19.8 Å². The molecule has 0 unspecified atom stereocenters. The highest BCUT2D eigenvalue weighted by molar-refractivity contribution is 6.43. The van der Waals surface area contributed by atoms with Crippen molar-refractivity contribution < 1.29 is 14.3 Å². The number of hydrogen-bond donors (Lipinski definition) is 1. The van der Waals surface area contributed by atoms with Gasteiger partial charge < -0.3 is 10.1 Å². The normalized spacial score (nSPS) is 18.5. The molecule has 1 aromatic carbocycles. The molecule has 2 rings (SSSR count). The number of halogens is 2. The number of carbonyl (C=O) groups is 2. The maximum absolute atomic E-state index is 12.2. The van der Waals surface area contributed by atoms with E-state index in [9.17, 15) is 9.59 Å². The van der Waals surface area contributed by atoms with E-state index >= 15 is 0 Å². The number of benzene rings is 1. The molecule has 1 atom stereocenters. The quantitative estimate of drug-likeness (QED) is 0.821. The molecule has 1 fully saturated rings. The molecule has 1 amide bonds. The van der Waals surface area contributed by atoms with Gasteiger partial charge in [-0.05, 0) is 38.4 Å². The second-order valence-corrected chi connectivity index (χ2v) is 6.26. The Labute approximate surface area is 145 Å². The average Bonchev–Trinajstić information content (AvgIpc) is 2.52. The van der Waals surface area contributed by atoms with Crippen LogP contribution in [0.3, 0.4) is 0 Å². The van der Waals surface area contributed by atoms with Gasteiger partial charge in [0.15, 0.2) is 0 Å². The third kappa shape index (κ3) is 5.09. The molecule has 1 aromatic rings. The Kier molecular flexibility index (Phi) is 6.69. The van der Waals surface area contributed by atoms with E-state index in [-0.39, 0.29) is 24.3 Å². The van der Waals surface area contributed by atoms with E-state index in [1.807, 2.05) is 4.90 Å². The van der Waals surface area contributed by atoms with Crippen molar-refractivity contribution in [3.05, 3.63) is 28.2 Å². The molecule has 1 N–H and O–H groups in total. The van der Waals surface area contributed by atoms with Crippen LogP contribution in [-0.4, -0.2) is 43.0 Å². The van der Waals surface area contributed by atoms with Gasteiger partial charge in [-0.1, -0.05) is 29.3 Å². The van der Waals surface area contributed by atoms with Gasteiger partial charge in [0.05, 0.1) is 34.8 Å². The molecule has 5 nitrogen and oxygen atoms in total. The first-order valence-corrected chi connectivity index (χ1v) is 8.39. The first kappa shape index (κ1) is 18.0. The van der Waals surface area contributed by atoms with E-state index < -0.39 is 0 Å². The van der Waals surface area contributed by atoms with Crippen LogP contribution in [0.5, 0.6) is 0 Å². The summed E-state index contributed by atoms with van der Waals surface area (Å²) in [6, 6.07) is 5.08. The van der Waals surface area contributed by atoms with Gasteiger partial charge in [0.2, 0.25) is 5.91 Å². The molecule has 7 heteroatoms. The van der Waals surface area contributed by atoms with Crippen LogP contribution in [0.2, 0.25) is 10.0 Å². The summed E-state index contributed by atoms with van der Waals surface area (Å²) < 4.78 is 5.06. The number of hydrogen-bond acceptors (Lipinski definition) is 4. The Balaban J connectivity index is 1.89. The fourth-order valence-electron chi connectivity index (χ4n) is 2.64. The summed E-state index contributed by atoms with van der Waals surface area (Å²) in [5, 5.41) is 3.47. The number of nitrogens with zero attached hydrogens (tertiary/aromatic N) is 1. The van der Waals surface area contributed by atoms with Crippen LogP contribution in [0.25, 0.3) is 0 Å². The first-order chi connectivity index (χ1) is 11.0. The zero-order valence-electron chi connectivity index (χ0n) is 13.0. The topological polar surface area (TPSA) is 58.6 Å². The van der Waals surface area contributed by atoms with Crippen molar-refractivity contribution >= 4 is 40.8 Å². The largest absolute Gasteiger partial charge is 0.466 e. The minimum atomic E-state index is -0.185. The van der Waals surface area contributed by atoms with Crippen LogP contribution in [-0.2, 0) is 14.3 Å². The smallest absolute Gasteiger partial charge is 0.310 e. The molecule has 126 valence electrons. The lowest BCUT2D eigenvalue weighted by atomic mass is 9.98. The lowest BCUT2D eigenvalue weighted by Gasteiger charge is -2.30. The Bertz CT molecular complexity index is 580. The van der Waals surface area contributed by atoms with E-state index in [4.69, 9.17) is 27.9 Å². The number of amides is 1. The predicted octanol–water partition coefficient (Wildman–Crippen LogP) is 3.21. The van der Waals surface area contributed by atoms with Crippen LogP contribution < -0.4 is 5.32 Å². The van der Waals surface area contributed by atoms with Gasteiger partial charge >= 0.3 is 5.97 Å². The van der Waals surface area contributed by atoms with Gasteiger partial charge in [0.1, 0.15) is 0 Å². The number of anilines is 1. The van der Waals surface area contributed by atoms with Crippen LogP contribution in [0.1, 0.15) is 19.8 Å². The van der Waals surface area contributed by atoms with Gasteiger partial charge in [-0.15, -0.1) is 0 Å². The van der Waals surface area contributed by atoms with Crippen LogP contribution >= 0.6 is 23.2 Å². The molecule has 1 heterocycles. The molecule has 0 bridgehead atoms. The van der Waals surface area contributed by atoms with Crippen LogP contribution in [0, 0.1) is 5.92 Å². The number of ether oxygens (including phenoxy) is 1. The van der Waals surface area contributed by atoms with Crippen LogP contribution in [0.4, 0.5) is 5.69 Å². The van der Waals surface area contributed by atoms with Crippen molar-refractivity contribution in [1.82, 2.24) is 4.90 Å². The number of likely N-dealkylation sites (tertiary alicyclic amines) is 1. The molecule has 1 saturated heterocycles. The maximum Gasteiger partial charge on any atom is 0.310 e. The molecule has 0 radical (unpaired) electrons. The van der Waals surface area contributed by atoms with Crippen molar-refractivity contribution in [3.8, 4) is 0 Å². The summed E-state index contributed by atoms with van der Waals surface area (Å²) in [7, 11) is 0. The molecule has 1 aliphatic heterocycles. The third-order valence-electron chi connectivity index (χ3n) is 3.72. The zero-order valence-corrected chi connectivity index (χ0v) is 14.5. The predicted molar refractivity (Wildman–Crippen MR) is 90.9 cm³/mol. The van der Waals surface area contributed by atoms with E-state index in [1.165, 1.54) is 0 Å². The molecule has 0 spiro atoms. The molecular weight excluding hydrogens is 339 g/mol. The highest BCUT2D eigenvalue weighted by Gasteiger charge is 2.27. The first-order valence-electron chi connectivity index (χ1n) is 7.64. The third-order valence-corrected chi connectivity index (χ3v) is 4.54. The molecule has 23 heavy (non-hydrogen) atoms. The van der Waals surface area contributed by atoms with E-state index in [0.29, 0.717) is 28.9 Å². The lowest BCUT2D eigenvalue weighted by molar-refractivity contribution is -0.150. The minimum absolute atomic E-state index is 0.161. The summed E-state index contributed by atoms with van der Waals surface area (Å²) in [6.07, 6.45) is 1.67. The molecule has 0 saturated carbocycles. The zero-order chi connectivity index (χ0) is 16.8. The Morgan fingerprint density at radius 1 is 1.39 bits per heavy atom. The number of carbonyl (C=O) groups excluding carboxylic acids is 2. The number of nitrogens with one attached hydrogen (secondary N) is 1. The standard InChI is InChI=1S/C16H20Cl2N2O3/c1-2-23-16(22)11-5-4-8-20(9-11)10-14(21)19-13-7-3-6-12(17)15(13)18/h3,6-7,11H,2,4-5,8-10H2,1H3,(H,19,21)/t11-/m0/s1. The Morgan fingerprint density at radius 3 is 2.91 bits per heavy atom. The Morgan fingerprint density at radius 2 is 2.17 bits per heavy atom. The maximum atomic E-state index is 12.2. The molecule has 1 aliphatic rings. The second kappa shape index (κ2) is 8.52. The van der Waals surface area contributed by atoms with Crippen molar-refractivity contribution in [2.24, 2.45) is 5.92 Å². The molecular formula is C16H20Cl2N2O3. The number of piperidine rings is 1. The monoisotopic (exact) mass is 358 g/mol. The van der Waals surface area contributed by atoms with E-state index in [1.54, 1.807) is 25.1 Å². The SMILES string of the molecule is CCOC(=O)[C@H]1CCCN(CC(=O)Nc2cccc(Cl)c2Cl)C1. The van der Waals surface area contributed by atoms with Gasteiger partial charge in [0, 0.05) is 6.54 Å². The van der Waals surface area contributed by atoms with Gasteiger partial charge in [0.25, 0.3) is 0 Å². The number of rotatable bonds is 5. The average molecular weight is 359 g/mol. The van der Waals surface area contributed by atoms with E-state index in [0.717, 1.165) is 19.4 Å². The summed E-state index contributed by atoms with van der Waals surface area (Å²) in [5.74, 6) is -0.527. The fraction of sp³-hybridized carbons (Fsp3) is 0.500. The van der Waals surface area contributed by atoms with Crippen LogP contribution in [0.15, 0.2) is 18.2 Å². The second-order valence-electron chi connectivity index (χ2n) is 5.48. The minimum Gasteiger partial charge on any atom is -0.466 e. The Hall–Kier alpha value is -1.30. The summed E-state index contributed by atoms with van der Waals surface area (Å²) in [6.45, 7) is 3.70. The highest BCUT2D eigenvalue weighted by Crippen LogP contribution is 2.29. The van der Waals surface area contributed by atoms with Crippen molar-refractivity contribution in [2.75, 3.05) is 31.6 Å². The van der Waals surface area contributed by atoms with Crippen molar-refractivity contribution in [1.29, 1.82) is 0 Å². The summed E-state index contributed by atoms with van der Waals surface area (Å²) >= 11 is 12.0. The lowest BCUT2D eigenvalue weighted by Crippen LogP contribution is -2.43. The van der Waals surface area contributed by atoms with Gasteiger partial charge in [-0.3, -0.25) is 14.5 Å². The van der Waals surface area contributed by atoms with E-state index in [2.05, 4.69) is 5.32 Å². The van der Waals surface area contributed by atoms with Gasteiger partial charge in [-0.2, -0.15) is 0 Å². The van der Waals surface area contributed by atoms with Crippen molar-refractivity contribution in [3.63, 3.8) is 0 Å². The van der Waals surface area contributed by atoms with Gasteiger partial charge in [-0.25, -0.2) is 0 Å². The number of esters is 1. The molecule has 0 aromatic heterocycles. The summed E-state index contributed by atoms with van der Waals surface area (Å²) in [4.78, 5) is 26.0. The highest BCUT2D eigenvalue weighted by atomic mass is 35.5.